The first-order valence-electron chi connectivity index (χ1n) is 7.95. The van der Waals surface area contributed by atoms with Crippen LogP contribution < -0.4 is 0 Å². The van der Waals surface area contributed by atoms with E-state index in [4.69, 9.17) is 4.74 Å². The third-order valence-corrected chi connectivity index (χ3v) is 4.80. The second-order valence-corrected chi connectivity index (χ2v) is 6.86. The molecule has 0 radical (unpaired) electrons. The number of carbonyl (C=O) groups is 1. The lowest BCUT2D eigenvalue weighted by atomic mass is 9.97. The molecule has 1 aliphatic rings. The highest BCUT2D eigenvalue weighted by molar-refractivity contribution is 7.99. The summed E-state index contributed by atoms with van der Waals surface area (Å²) in [7, 11) is 0. The first-order valence-corrected chi connectivity index (χ1v) is 8.94. The number of amides is 1. The molecular formula is C18H25NO2S. The number of piperidine rings is 1. The Morgan fingerprint density at radius 1 is 1.36 bits per heavy atom. The van der Waals surface area contributed by atoms with E-state index in [1.54, 1.807) is 17.8 Å². The Bertz CT molecular complexity index is 478. The number of hydrogen-bond acceptors (Lipinski definition) is 3. The van der Waals surface area contributed by atoms with Crippen molar-refractivity contribution in [2.75, 3.05) is 32.1 Å². The number of nitrogens with zero attached hydrogens (tertiary/aromatic N) is 1. The van der Waals surface area contributed by atoms with Gasteiger partial charge in [0.1, 0.15) is 0 Å². The van der Waals surface area contributed by atoms with Gasteiger partial charge in [-0.05, 0) is 48.8 Å². The van der Waals surface area contributed by atoms with E-state index < -0.39 is 0 Å². The van der Waals surface area contributed by atoms with Gasteiger partial charge in [0.25, 0.3) is 5.91 Å². The quantitative estimate of drug-likeness (QED) is 0.434. The standard InChI is InChI=1S/C18H25NO2S/c1-3-13-21-14-15-9-11-19(12-10-15)18(20)16-5-7-17(8-6-16)22-4-2/h3,5-8,15H,1,4,9-14H2,2H3. The zero-order valence-electron chi connectivity index (χ0n) is 13.3. The predicted molar refractivity (Wildman–Crippen MR) is 92.5 cm³/mol. The summed E-state index contributed by atoms with van der Waals surface area (Å²) in [6.07, 6.45) is 3.82. The largest absolute Gasteiger partial charge is 0.377 e. The van der Waals surface area contributed by atoms with E-state index in [2.05, 4.69) is 13.5 Å². The average Bonchev–Trinajstić information content (AvgIpc) is 2.56. The lowest BCUT2D eigenvalue weighted by Crippen LogP contribution is -2.39. The highest BCUT2D eigenvalue weighted by Gasteiger charge is 2.23. The Kier molecular flexibility index (Phi) is 7.00. The third kappa shape index (κ3) is 4.89. The predicted octanol–water partition coefficient (Wildman–Crippen LogP) is 3.85. The minimum atomic E-state index is 0.151. The van der Waals surface area contributed by atoms with Crippen LogP contribution in [0.25, 0.3) is 0 Å². The molecule has 0 unspecified atom stereocenters. The number of benzene rings is 1. The van der Waals surface area contributed by atoms with Gasteiger partial charge in [-0.15, -0.1) is 18.3 Å². The number of hydrogen-bond donors (Lipinski definition) is 0. The summed E-state index contributed by atoms with van der Waals surface area (Å²) in [5.74, 6) is 1.76. The fourth-order valence-corrected chi connectivity index (χ4v) is 3.33. The zero-order valence-corrected chi connectivity index (χ0v) is 14.1. The molecule has 120 valence electrons. The van der Waals surface area contributed by atoms with Crippen LogP contribution in [0.4, 0.5) is 0 Å². The van der Waals surface area contributed by atoms with Gasteiger partial charge in [-0.25, -0.2) is 0 Å². The van der Waals surface area contributed by atoms with Crippen LogP contribution in [-0.2, 0) is 4.74 Å². The topological polar surface area (TPSA) is 29.5 Å². The van der Waals surface area contributed by atoms with Gasteiger partial charge >= 0.3 is 0 Å². The summed E-state index contributed by atoms with van der Waals surface area (Å²) in [4.78, 5) is 15.7. The van der Waals surface area contributed by atoms with Crippen molar-refractivity contribution in [2.45, 2.75) is 24.7 Å². The number of thioether (sulfide) groups is 1. The molecule has 0 aromatic heterocycles. The first kappa shape index (κ1) is 17.1. The van der Waals surface area contributed by atoms with Crippen LogP contribution in [0.2, 0.25) is 0 Å². The number of carbonyl (C=O) groups excluding carboxylic acids is 1. The second-order valence-electron chi connectivity index (χ2n) is 5.52. The normalized spacial score (nSPS) is 15.8. The molecule has 3 nitrogen and oxygen atoms in total. The van der Waals surface area contributed by atoms with E-state index in [1.807, 2.05) is 29.2 Å². The number of rotatable bonds is 7. The smallest absolute Gasteiger partial charge is 0.253 e. The van der Waals surface area contributed by atoms with Crippen LogP contribution in [0, 0.1) is 5.92 Å². The molecule has 0 aliphatic carbocycles. The maximum Gasteiger partial charge on any atom is 0.253 e. The molecule has 4 heteroatoms. The zero-order chi connectivity index (χ0) is 15.8. The first-order chi connectivity index (χ1) is 10.7. The third-order valence-electron chi connectivity index (χ3n) is 3.90. The molecule has 0 spiro atoms. The molecular weight excluding hydrogens is 294 g/mol. The van der Waals surface area contributed by atoms with Crippen molar-refractivity contribution in [3.05, 3.63) is 42.5 Å². The van der Waals surface area contributed by atoms with Gasteiger partial charge in [-0.1, -0.05) is 13.0 Å². The van der Waals surface area contributed by atoms with Crippen LogP contribution in [-0.4, -0.2) is 42.9 Å². The van der Waals surface area contributed by atoms with E-state index in [0.717, 1.165) is 43.9 Å². The Balaban J connectivity index is 1.82. The van der Waals surface area contributed by atoms with Crippen LogP contribution >= 0.6 is 11.8 Å². The van der Waals surface area contributed by atoms with E-state index in [1.165, 1.54) is 4.90 Å². The molecule has 1 amide bonds. The summed E-state index contributed by atoms with van der Waals surface area (Å²) in [6.45, 7) is 8.82. The van der Waals surface area contributed by atoms with Gasteiger partial charge in [0.2, 0.25) is 0 Å². The van der Waals surface area contributed by atoms with E-state index in [9.17, 15) is 4.79 Å². The fourth-order valence-electron chi connectivity index (χ4n) is 2.66. The minimum Gasteiger partial charge on any atom is -0.377 e. The maximum atomic E-state index is 12.5. The molecule has 1 heterocycles. The molecule has 1 aromatic carbocycles. The van der Waals surface area contributed by atoms with Crippen molar-refractivity contribution < 1.29 is 9.53 Å². The van der Waals surface area contributed by atoms with E-state index >= 15 is 0 Å². The van der Waals surface area contributed by atoms with Gasteiger partial charge in [-0.2, -0.15) is 0 Å². The van der Waals surface area contributed by atoms with Crippen molar-refractivity contribution >= 4 is 17.7 Å². The van der Waals surface area contributed by atoms with Crippen molar-refractivity contribution in [1.82, 2.24) is 4.90 Å². The number of likely N-dealkylation sites (tertiary alicyclic amines) is 1. The Morgan fingerprint density at radius 3 is 2.64 bits per heavy atom. The van der Waals surface area contributed by atoms with Crippen LogP contribution in [0.1, 0.15) is 30.1 Å². The molecule has 0 bridgehead atoms. The fraction of sp³-hybridized carbons (Fsp3) is 0.500. The maximum absolute atomic E-state index is 12.5. The van der Waals surface area contributed by atoms with E-state index in [0.29, 0.717) is 12.5 Å². The molecule has 1 fully saturated rings. The SMILES string of the molecule is C=CCOCC1CCN(C(=O)c2ccc(SCC)cc2)CC1. The molecule has 2 rings (SSSR count). The lowest BCUT2D eigenvalue weighted by molar-refractivity contribution is 0.0575. The lowest BCUT2D eigenvalue weighted by Gasteiger charge is -2.32. The van der Waals surface area contributed by atoms with Gasteiger partial charge in [0.15, 0.2) is 0 Å². The van der Waals surface area contributed by atoms with Crippen LogP contribution in [0.15, 0.2) is 41.8 Å². The van der Waals surface area contributed by atoms with Crippen molar-refractivity contribution in [3.63, 3.8) is 0 Å². The summed E-state index contributed by atoms with van der Waals surface area (Å²) in [5.41, 5.74) is 0.793. The number of ether oxygens (including phenoxy) is 1. The molecule has 1 aromatic rings. The van der Waals surface area contributed by atoms with Crippen molar-refractivity contribution in [3.8, 4) is 0 Å². The van der Waals surface area contributed by atoms with Gasteiger partial charge in [-0.3, -0.25) is 4.79 Å². The van der Waals surface area contributed by atoms with Crippen LogP contribution in [0.5, 0.6) is 0 Å². The average molecular weight is 319 g/mol. The van der Waals surface area contributed by atoms with Crippen LogP contribution in [0.3, 0.4) is 0 Å². The minimum absolute atomic E-state index is 0.151. The molecule has 22 heavy (non-hydrogen) atoms. The molecule has 0 N–H and O–H groups in total. The molecule has 0 atom stereocenters. The monoisotopic (exact) mass is 319 g/mol. The van der Waals surface area contributed by atoms with Gasteiger partial charge < -0.3 is 9.64 Å². The van der Waals surface area contributed by atoms with Gasteiger partial charge in [0, 0.05) is 30.2 Å². The van der Waals surface area contributed by atoms with Gasteiger partial charge in [0.05, 0.1) is 6.61 Å². The Labute approximate surface area is 137 Å². The molecule has 0 saturated carbocycles. The summed E-state index contributed by atoms with van der Waals surface area (Å²) < 4.78 is 5.51. The molecule has 1 saturated heterocycles. The van der Waals surface area contributed by atoms with E-state index in [-0.39, 0.29) is 5.91 Å². The highest BCUT2D eigenvalue weighted by atomic mass is 32.2. The Hall–Kier alpha value is -1.26. The highest BCUT2D eigenvalue weighted by Crippen LogP contribution is 2.21. The summed E-state index contributed by atoms with van der Waals surface area (Å²) in [5, 5.41) is 0. The molecule has 1 aliphatic heterocycles. The summed E-state index contributed by atoms with van der Waals surface area (Å²) >= 11 is 1.80. The van der Waals surface area contributed by atoms with Crippen molar-refractivity contribution in [2.24, 2.45) is 5.92 Å². The second kappa shape index (κ2) is 9.01. The Morgan fingerprint density at radius 2 is 2.05 bits per heavy atom. The summed E-state index contributed by atoms with van der Waals surface area (Å²) in [6, 6.07) is 7.97. The van der Waals surface area contributed by atoms with Crippen molar-refractivity contribution in [1.29, 1.82) is 0 Å².